The lowest BCUT2D eigenvalue weighted by molar-refractivity contribution is 0.512. The monoisotopic (exact) mass is 291 g/mol. The second kappa shape index (κ2) is 4.77. The summed E-state index contributed by atoms with van der Waals surface area (Å²) in [6.45, 7) is 0. The first-order chi connectivity index (χ1) is 10.7. The summed E-state index contributed by atoms with van der Waals surface area (Å²) in [6.07, 6.45) is 0. The smallest absolute Gasteiger partial charge is 0.347 e. The van der Waals surface area contributed by atoms with Crippen LogP contribution in [0.1, 0.15) is 0 Å². The van der Waals surface area contributed by atoms with Crippen LogP contribution in [0.5, 0.6) is 0 Å². The molecule has 0 unspecified atom stereocenters. The highest BCUT2D eigenvalue weighted by atomic mass is 19.1. The Labute approximate surface area is 124 Å². The summed E-state index contributed by atoms with van der Waals surface area (Å²) in [5.41, 5.74) is 0.177. The lowest BCUT2D eigenvalue weighted by atomic mass is 10.1. The summed E-state index contributed by atoms with van der Waals surface area (Å²) in [6, 6.07) is 17.2. The summed E-state index contributed by atoms with van der Waals surface area (Å²) in [5.74, 6) is -0.482. The zero-order valence-corrected chi connectivity index (χ0v) is 11.4. The number of aromatic nitrogens is 1. The van der Waals surface area contributed by atoms with E-state index in [4.69, 9.17) is 4.42 Å². The van der Waals surface area contributed by atoms with Crippen LogP contribution in [0, 0.1) is 5.82 Å². The zero-order valence-electron chi connectivity index (χ0n) is 11.4. The highest BCUT2D eigenvalue weighted by molar-refractivity contribution is 6.04. The Balaban J connectivity index is 2.13. The van der Waals surface area contributed by atoms with Crippen LogP contribution in [0.3, 0.4) is 0 Å². The third kappa shape index (κ3) is 1.89. The number of hydrogen-bond acceptors (Lipinski definition) is 3. The molecule has 0 N–H and O–H groups in total. The standard InChI is InChI=1S/C18H10FNO2/c19-15-8-4-3-7-13(15)17-20-16-12-6-2-1-5-11(12)9-10-14(16)18(21)22-17/h1-10H. The quantitative estimate of drug-likeness (QED) is 0.495. The summed E-state index contributed by atoms with van der Waals surface area (Å²) >= 11 is 0. The third-order valence-corrected chi connectivity index (χ3v) is 3.63. The molecule has 3 aromatic carbocycles. The summed E-state index contributed by atoms with van der Waals surface area (Å²) in [7, 11) is 0. The van der Waals surface area contributed by atoms with E-state index in [1.807, 2.05) is 30.3 Å². The first kappa shape index (κ1) is 12.7. The molecule has 4 rings (SSSR count). The van der Waals surface area contributed by atoms with Crippen molar-refractivity contribution in [3.63, 3.8) is 0 Å². The molecule has 1 aromatic heterocycles. The molecule has 0 aliphatic heterocycles. The molecule has 4 aromatic rings. The van der Waals surface area contributed by atoms with E-state index in [2.05, 4.69) is 4.98 Å². The summed E-state index contributed by atoms with van der Waals surface area (Å²) in [5, 5.41) is 2.19. The highest BCUT2D eigenvalue weighted by Gasteiger charge is 2.13. The molecule has 0 aliphatic carbocycles. The molecule has 22 heavy (non-hydrogen) atoms. The van der Waals surface area contributed by atoms with E-state index in [1.54, 1.807) is 18.2 Å². The van der Waals surface area contributed by atoms with Crippen molar-refractivity contribution in [1.29, 1.82) is 0 Å². The van der Waals surface area contributed by atoms with E-state index in [0.29, 0.717) is 10.9 Å². The van der Waals surface area contributed by atoms with E-state index in [1.165, 1.54) is 12.1 Å². The van der Waals surface area contributed by atoms with Gasteiger partial charge in [0, 0.05) is 5.39 Å². The number of fused-ring (bicyclic) bond motifs is 3. The zero-order chi connectivity index (χ0) is 15.1. The minimum absolute atomic E-state index is 0.00745. The minimum atomic E-state index is -0.519. The van der Waals surface area contributed by atoms with E-state index in [-0.39, 0.29) is 11.5 Å². The third-order valence-electron chi connectivity index (χ3n) is 3.63. The molecule has 0 aliphatic rings. The van der Waals surface area contributed by atoms with Crippen molar-refractivity contribution in [3.8, 4) is 11.5 Å². The van der Waals surface area contributed by atoms with E-state index in [0.717, 1.165) is 10.8 Å². The van der Waals surface area contributed by atoms with Crippen molar-refractivity contribution in [2.45, 2.75) is 0 Å². The van der Waals surface area contributed by atoms with E-state index < -0.39 is 11.4 Å². The van der Waals surface area contributed by atoms with Crippen LogP contribution in [0.25, 0.3) is 33.1 Å². The molecule has 0 saturated heterocycles. The van der Waals surface area contributed by atoms with Gasteiger partial charge in [0.1, 0.15) is 5.82 Å². The minimum Gasteiger partial charge on any atom is -0.403 e. The van der Waals surface area contributed by atoms with Crippen molar-refractivity contribution < 1.29 is 8.81 Å². The van der Waals surface area contributed by atoms with Crippen molar-refractivity contribution in [3.05, 3.63) is 76.9 Å². The van der Waals surface area contributed by atoms with Crippen molar-refractivity contribution in [2.24, 2.45) is 0 Å². The summed E-state index contributed by atoms with van der Waals surface area (Å²) in [4.78, 5) is 16.6. The Kier molecular flexibility index (Phi) is 2.76. The topological polar surface area (TPSA) is 43.1 Å². The van der Waals surface area contributed by atoms with Gasteiger partial charge in [-0.05, 0) is 23.6 Å². The molecule has 106 valence electrons. The van der Waals surface area contributed by atoms with E-state index in [9.17, 15) is 9.18 Å². The number of nitrogens with zero attached hydrogens (tertiary/aromatic N) is 1. The maximum atomic E-state index is 13.9. The molecule has 1 heterocycles. The largest absolute Gasteiger partial charge is 0.403 e. The van der Waals surface area contributed by atoms with Crippen molar-refractivity contribution in [1.82, 2.24) is 4.98 Å². The highest BCUT2D eigenvalue weighted by Crippen LogP contribution is 2.25. The number of rotatable bonds is 1. The van der Waals surface area contributed by atoms with Gasteiger partial charge >= 0.3 is 5.63 Å². The molecule has 0 atom stereocenters. The average Bonchev–Trinajstić information content (AvgIpc) is 2.55. The van der Waals surface area contributed by atoms with Gasteiger partial charge in [-0.2, -0.15) is 0 Å². The fourth-order valence-corrected chi connectivity index (χ4v) is 2.56. The molecule has 0 radical (unpaired) electrons. The lowest BCUT2D eigenvalue weighted by Gasteiger charge is -2.05. The second-order valence-corrected chi connectivity index (χ2v) is 4.97. The first-order valence-electron chi connectivity index (χ1n) is 6.81. The Morgan fingerprint density at radius 1 is 0.864 bits per heavy atom. The molecule has 3 nitrogen and oxygen atoms in total. The molecule has 4 heteroatoms. The first-order valence-corrected chi connectivity index (χ1v) is 6.81. The van der Waals surface area contributed by atoms with Crippen LogP contribution >= 0.6 is 0 Å². The van der Waals surface area contributed by atoms with Gasteiger partial charge in [-0.15, -0.1) is 0 Å². The fourth-order valence-electron chi connectivity index (χ4n) is 2.56. The lowest BCUT2D eigenvalue weighted by Crippen LogP contribution is -2.04. The number of benzene rings is 3. The number of hydrogen-bond donors (Lipinski definition) is 0. The fraction of sp³-hybridized carbons (Fsp3) is 0. The maximum Gasteiger partial charge on any atom is 0.347 e. The predicted molar refractivity (Wildman–Crippen MR) is 83.2 cm³/mol. The second-order valence-electron chi connectivity index (χ2n) is 4.97. The van der Waals surface area contributed by atoms with Crippen LogP contribution in [0.2, 0.25) is 0 Å². The van der Waals surface area contributed by atoms with Gasteiger partial charge in [-0.3, -0.25) is 0 Å². The SMILES string of the molecule is O=c1oc(-c2ccccc2F)nc2c1ccc1ccccc12. The van der Waals surface area contributed by atoms with Gasteiger partial charge in [0.05, 0.1) is 16.5 Å². The van der Waals surface area contributed by atoms with Gasteiger partial charge in [-0.25, -0.2) is 14.2 Å². The molecule has 0 spiro atoms. The molecular formula is C18H10FNO2. The Bertz CT molecular complexity index is 1070. The van der Waals surface area contributed by atoms with Gasteiger partial charge in [0.25, 0.3) is 0 Å². The van der Waals surface area contributed by atoms with Crippen LogP contribution in [-0.4, -0.2) is 4.98 Å². The molecule has 0 saturated carbocycles. The number of halogens is 1. The average molecular weight is 291 g/mol. The van der Waals surface area contributed by atoms with Crippen LogP contribution < -0.4 is 5.63 Å². The Hall–Kier alpha value is -3.01. The van der Waals surface area contributed by atoms with Gasteiger partial charge in [0.15, 0.2) is 0 Å². The van der Waals surface area contributed by atoms with Gasteiger partial charge < -0.3 is 4.42 Å². The van der Waals surface area contributed by atoms with Crippen LogP contribution in [0.15, 0.2) is 69.9 Å². The van der Waals surface area contributed by atoms with Gasteiger partial charge in [-0.1, -0.05) is 42.5 Å². The maximum absolute atomic E-state index is 13.9. The van der Waals surface area contributed by atoms with Crippen molar-refractivity contribution in [2.75, 3.05) is 0 Å². The van der Waals surface area contributed by atoms with Gasteiger partial charge in [0.2, 0.25) is 5.89 Å². The summed E-state index contributed by atoms with van der Waals surface area (Å²) < 4.78 is 19.1. The van der Waals surface area contributed by atoms with E-state index >= 15 is 0 Å². The Morgan fingerprint density at radius 2 is 1.64 bits per heavy atom. The normalized spacial score (nSPS) is 11.1. The molecule has 0 bridgehead atoms. The molecular weight excluding hydrogens is 281 g/mol. The van der Waals surface area contributed by atoms with Crippen LogP contribution in [-0.2, 0) is 0 Å². The Morgan fingerprint density at radius 3 is 2.50 bits per heavy atom. The predicted octanol–water partition coefficient (Wildman–Crippen LogP) is 4.15. The molecule has 0 amide bonds. The van der Waals surface area contributed by atoms with Crippen LogP contribution in [0.4, 0.5) is 4.39 Å². The molecule has 0 fully saturated rings. The van der Waals surface area contributed by atoms with Crippen molar-refractivity contribution >= 4 is 21.7 Å².